The van der Waals surface area contributed by atoms with E-state index in [4.69, 9.17) is 16.7 Å². The van der Waals surface area contributed by atoms with Crippen LogP contribution >= 0.6 is 11.6 Å². The highest BCUT2D eigenvalue weighted by molar-refractivity contribution is 6.36. The van der Waals surface area contributed by atoms with Crippen molar-refractivity contribution in [3.05, 3.63) is 0 Å². The van der Waals surface area contributed by atoms with Crippen molar-refractivity contribution in [1.82, 2.24) is 0 Å². The van der Waals surface area contributed by atoms with Crippen LogP contribution in [-0.4, -0.2) is 22.1 Å². The molecule has 0 heterocycles. The van der Waals surface area contributed by atoms with Gasteiger partial charge in [-0.2, -0.15) is 0 Å². The Balaban J connectivity index is 2.60. The summed E-state index contributed by atoms with van der Waals surface area (Å²) in [5.41, 5.74) is 0. The number of carbonyl (C=O) groups is 1. The van der Waals surface area contributed by atoms with Gasteiger partial charge in [-0.1, -0.05) is 0 Å². The van der Waals surface area contributed by atoms with E-state index >= 15 is 0 Å². The molecule has 1 N–H and O–H groups in total. The first-order valence-electron chi connectivity index (χ1n) is 2.14. The monoisotopic (exact) mass is 138 g/mol. The predicted molar refractivity (Wildman–Crippen MR) is 25.7 cm³/mol. The average molecular weight is 139 g/mol. The van der Waals surface area contributed by atoms with Crippen LogP contribution in [0.15, 0.2) is 0 Å². The van der Waals surface area contributed by atoms with Gasteiger partial charge in [-0.25, -0.2) is 4.39 Å². The Labute approximate surface area is 50.3 Å². The van der Waals surface area contributed by atoms with Gasteiger partial charge < -0.3 is 5.11 Å². The molecule has 2 nitrogen and oxygen atoms in total. The second-order valence-corrected chi connectivity index (χ2v) is 2.51. The van der Waals surface area contributed by atoms with Gasteiger partial charge in [0.15, 0.2) is 4.87 Å². The molecule has 46 valence electrons. The van der Waals surface area contributed by atoms with Gasteiger partial charge in [0.05, 0.1) is 0 Å². The van der Waals surface area contributed by atoms with Gasteiger partial charge in [-0.3, -0.25) is 4.79 Å². The normalized spacial score (nSPS) is 44.0. The maximum absolute atomic E-state index is 11.9. The number of hydrogen-bond donors (Lipinski definition) is 1. The molecular weight excluding hydrogens is 134 g/mol. The SMILES string of the molecule is O=C(O)C1(Cl)CC1F. The van der Waals surface area contributed by atoms with Gasteiger partial charge in [-0.05, 0) is 0 Å². The van der Waals surface area contributed by atoms with Crippen molar-refractivity contribution in [3.8, 4) is 0 Å². The van der Waals surface area contributed by atoms with Crippen LogP contribution in [0, 0.1) is 0 Å². The van der Waals surface area contributed by atoms with Crippen molar-refractivity contribution in [2.75, 3.05) is 0 Å². The van der Waals surface area contributed by atoms with Crippen molar-refractivity contribution in [1.29, 1.82) is 0 Å². The molecule has 0 aromatic rings. The highest BCUT2D eigenvalue weighted by atomic mass is 35.5. The van der Waals surface area contributed by atoms with E-state index in [0.717, 1.165) is 0 Å². The van der Waals surface area contributed by atoms with E-state index in [1.165, 1.54) is 0 Å². The molecular formula is C4H4ClFO2. The minimum Gasteiger partial charge on any atom is -0.480 e. The lowest BCUT2D eigenvalue weighted by Gasteiger charge is -1.93. The number of hydrogen-bond acceptors (Lipinski definition) is 1. The zero-order valence-corrected chi connectivity index (χ0v) is 4.65. The highest BCUT2D eigenvalue weighted by Gasteiger charge is 2.61. The minimum absolute atomic E-state index is 0.0517. The zero-order valence-electron chi connectivity index (χ0n) is 3.90. The molecule has 2 atom stereocenters. The molecule has 0 aromatic heterocycles. The number of aliphatic carboxylic acids is 1. The molecule has 1 aliphatic rings. The third-order valence-electron chi connectivity index (χ3n) is 1.17. The molecule has 2 unspecified atom stereocenters. The Morgan fingerprint density at radius 1 is 2.00 bits per heavy atom. The summed E-state index contributed by atoms with van der Waals surface area (Å²) in [4.78, 5) is 8.35. The summed E-state index contributed by atoms with van der Waals surface area (Å²) in [5, 5.41) is 8.11. The third kappa shape index (κ3) is 0.580. The van der Waals surface area contributed by atoms with Crippen LogP contribution in [0.1, 0.15) is 6.42 Å². The van der Waals surface area contributed by atoms with E-state index in [1.807, 2.05) is 0 Å². The predicted octanol–water partition coefficient (Wildman–Crippen LogP) is 0.790. The molecule has 4 heteroatoms. The van der Waals surface area contributed by atoms with Crippen LogP contribution in [0.2, 0.25) is 0 Å². The molecule has 0 saturated heterocycles. The van der Waals surface area contributed by atoms with Crippen LogP contribution in [-0.2, 0) is 4.79 Å². The molecule has 1 saturated carbocycles. The summed E-state index contributed by atoms with van der Waals surface area (Å²) in [6.07, 6.45) is -1.40. The summed E-state index contributed by atoms with van der Waals surface area (Å²) in [5.74, 6) is -1.26. The Morgan fingerprint density at radius 2 is 2.38 bits per heavy atom. The smallest absolute Gasteiger partial charge is 0.327 e. The van der Waals surface area contributed by atoms with Gasteiger partial charge >= 0.3 is 5.97 Å². The first kappa shape index (κ1) is 5.82. The van der Waals surface area contributed by atoms with E-state index < -0.39 is 17.0 Å². The number of rotatable bonds is 1. The molecule has 0 spiro atoms. The molecule has 0 bridgehead atoms. The van der Waals surface area contributed by atoms with Crippen LogP contribution in [0.25, 0.3) is 0 Å². The number of carboxylic acid groups (broad SMARTS) is 1. The number of halogens is 2. The lowest BCUT2D eigenvalue weighted by molar-refractivity contribution is -0.137. The van der Waals surface area contributed by atoms with Gasteiger partial charge in [-0.15, -0.1) is 11.6 Å². The summed E-state index contributed by atoms with van der Waals surface area (Å²) in [6.45, 7) is 0. The summed E-state index contributed by atoms with van der Waals surface area (Å²) >= 11 is 5.16. The quantitative estimate of drug-likeness (QED) is 0.544. The average Bonchev–Trinajstić information content (AvgIpc) is 2.17. The molecule has 1 aliphatic carbocycles. The Bertz CT molecular complexity index is 138. The molecule has 8 heavy (non-hydrogen) atoms. The van der Waals surface area contributed by atoms with Crippen molar-refractivity contribution >= 4 is 17.6 Å². The summed E-state index contributed by atoms with van der Waals surface area (Å²) < 4.78 is 11.9. The molecule has 0 aliphatic heterocycles. The lowest BCUT2D eigenvalue weighted by Crippen LogP contribution is -2.17. The Morgan fingerprint density at radius 3 is 2.38 bits per heavy atom. The Kier molecular flexibility index (Phi) is 0.979. The fourth-order valence-electron chi connectivity index (χ4n) is 0.423. The second kappa shape index (κ2) is 1.35. The lowest BCUT2D eigenvalue weighted by atomic mass is 10.4. The molecule has 0 amide bonds. The zero-order chi connectivity index (χ0) is 6.36. The standard InChI is InChI=1S/C4H4ClFO2/c5-4(3(7)8)1-2(4)6/h2H,1H2,(H,7,8). The maximum atomic E-state index is 11.9. The highest BCUT2D eigenvalue weighted by Crippen LogP contribution is 2.45. The van der Waals surface area contributed by atoms with E-state index in [2.05, 4.69) is 0 Å². The minimum atomic E-state index is -1.57. The van der Waals surface area contributed by atoms with Crippen molar-refractivity contribution < 1.29 is 14.3 Å². The number of carboxylic acids is 1. The molecule has 1 fully saturated rings. The van der Waals surface area contributed by atoms with E-state index in [1.54, 1.807) is 0 Å². The summed E-state index contributed by atoms with van der Waals surface area (Å²) in [6, 6.07) is 0. The molecule has 1 rings (SSSR count). The van der Waals surface area contributed by atoms with Gasteiger partial charge in [0, 0.05) is 6.42 Å². The van der Waals surface area contributed by atoms with Crippen LogP contribution in [0.4, 0.5) is 4.39 Å². The fourth-order valence-corrected chi connectivity index (χ4v) is 0.559. The summed E-state index contributed by atoms with van der Waals surface area (Å²) in [7, 11) is 0. The van der Waals surface area contributed by atoms with E-state index in [-0.39, 0.29) is 6.42 Å². The van der Waals surface area contributed by atoms with Gasteiger partial charge in [0.2, 0.25) is 0 Å². The van der Waals surface area contributed by atoms with Crippen LogP contribution in [0.5, 0.6) is 0 Å². The Hall–Kier alpha value is -0.310. The van der Waals surface area contributed by atoms with Crippen LogP contribution in [0.3, 0.4) is 0 Å². The largest absolute Gasteiger partial charge is 0.480 e. The third-order valence-corrected chi connectivity index (χ3v) is 1.72. The van der Waals surface area contributed by atoms with E-state index in [9.17, 15) is 9.18 Å². The first-order chi connectivity index (χ1) is 3.57. The molecule has 0 aromatic carbocycles. The first-order valence-corrected chi connectivity index (χ1v) is 2.51. The van der Waals surface area contributed by atoms with Gasteiger partial charge in [0.25, 0.3) is 0 Å². The maximum Gasteiger partial charge on any atom is 0.327 e. The van der Waals surface area contributed by atoms with Crippen molar-refractivity contribution in [2.24, 2.45) is 0 Å². The molecule has 0 radical (unpaired) electrons. The topological polar surface area (TPSA) is 37.3 Å². The fraction of sp³-hybridized carbons (Fsp3) is 0.750. The van der Waals surface area contributed by atoms with Crippen LogP contribution < -0.4 is 0 Å². The van der Waals surface area contributed by atoms with Gasteiger partial charge in [0.1, 0.15) is 6.17 Å². The van der Waals surface area contributed by atoms with E-state index in [0.29, 0.717) is 0 Å². The van der Waals surface area contributed by atoms with Crippen molar-refractivity contribution in [3.63, 3.8) is 0 Å². The number of alkyl halides is 2. The van der Waals surface area contributed by atoms with Crippen molar-refractivity contribution in [2.45, 2.75) is 17.5 Å². The second-order valence-electron chi connectivity index (χ2n) is 1.84.